The molecule has 0 radical (unpaired) electrons. The SMILES string of the molecule is CC(CCNc1nc[nH]c(=O)c1Br)c1ccccc1. The lowest BCUT2D eigenvalue weighted by molar-refractivity contribution is 0.704. The van der Waals surface area contributed by atoms with Crippen LogP contribution in [0, 0.1) is 0 Å². The third kappa shape index (κ3) is 3.67. The highest BCUT2D eigenvalue weighted by Crippen LogP contribution is 2.19. The summed E-state index contributed by atoms with van der Waals surface area (Å²) in [4.78, 5) is 18.0. The summed E-state index contributed by atoms with van der Waals surface area (Å²) >= 11 is 3.22. The molecule has 0 spiro atoms. The van der Waals surface area contributed by atoms with Crippen LogP contribution in [0.1, 0.15) is 24.8 Å². The summed E-state index contributed by atoms with van der Waals surface area (Å²) in [5.41, 5.74) is 1.15. The van der Waals surface area contributed by atoms with Crippen LogP contribution in [-0.2, 0) is 0 Å². The molecule has 19 heavy (non-hydrogen) atoms. The van der Waals surface area contributed by atoms with E-state index in [-0.39, 0.29) is 5.56 Å². The second-order valence-corrected chi connectivity index (χ2v) is 5.21. The number of H-pyrrole nitrogens is 1. The van der Waals surface area contributed by atoms with Crippen molar-refractivity contribution < 1.29 is 0 Å². The Kier molecular flexibility index (Phi) is 4.74. The Hall–Kier alpha value is -1.62. The predicted molar refractivity (Wildman–Crippen MR) is 80.5 cm³/mol. The molecule has 0 amide bonds. The smallest absolute Gasteiger partial charge is 0.267 e. The summed E-state index contributed by atoms with van der Waals surface area (Å²) in [6.07, 6.45) is 2.38. The van der Waals surface area contributed by atoms with E-state index in [1.807, 2.05) is 18.2 Å². The lowest BCUT2D eigenvalue weighted by Crippen LogP contribution is -2.13. The number of hydrogen-bond donors (Lipinski definition) is 2. The summed E-state index contributed by atoms with van der Waals surface area (Å²) < 4.78 is 0.447. The molecule has 0 aliphatic rings. The summed E-state index contributed by atoms with van der Waals surface area (Å²) in [7, 11) is 0. The van der Waals surface area contributed by atoms with Crippen LogP contribution in [-0.4, -0.2) is 16.5 Å². The monoisotopic (exact) mass is 321 g/mol. The van der Waals surface area contributed by atoms with Crippen LogP contribution in [0.15, 0.2) is 45.9 Å². The van der Waals surface area contributed by atoms with Gasteiger partial charge in [0.2, 0.25) is 0 Å². The molecule has 1 unspecified atom stereocenters. The standard InChI is InChI=1S/C14H16BrN3O/c1-10(11-5-3-2-4-6-11)7-8-16-13-12(15)14(19)18-9-17-13/h2-6,9-10H,7-8H2,1H3,(H2,16,17,18,19). The highest BCUT2D eigenvalue weighted by Gasteiger charge is 2.07. The molecule has 1 atom stereocenters. The van der Waals surface area contributed by atoms with Crippen LogP contribution in [0.5, 0.6) is 0 Å². The number of aromatic nitrogens is 2. The predicted octanol–water partition coefficient (Wildman–Crippen LogP) is 3.14. The van der Waals surface area contributed by atoms with Gasteiger partial charge in [0.1, 0.15) is 10.3 Å². The van der Waals surface area contributed by atoms with Crippen molar-refractivity contribution in [1.29, 1.82) is 0 Å². The van der Waals surface area contributed by atoms with Gasteiger partial charge in [-0.3, -0.25) is 4.79 Å². The molecule has 0 fully saturated rings. The van der Waals surface area contributed by atoms with Crippen LogP contribution in [0.3, 0.4) is 0 Å². The highest BCUT2D eigenvalue weighted by atomic mass is 79.9. The number of nitrogens with zero attached hydrogens (tertiary/aromatic N) is 1. The molecular weight excluding hydrogens is 306 g/mol. The molecule has 0 aliphatic heterocycles. The van der Waals surface area contributed by atoms with Crippen molar-refractivity contribution in [1.82, 2.24) is 9.97 Å². The van der Waals surface area contributed by atoms with Gasteiger partial charge in [-0.15, -0.1) is 0 Å². The van der Waals surface area contributed by atoms with Crippen LogP contribution in [0.25, 0.3) is 0 Å². The van der Waals surface area contributed by atoms with E-state index in [0.717, 1.165) is 13.0 Å². The number of halogens is 1. The molecule has 0 bridgehead atoms. The van der Waals surface area contributed by atoms with E-state index in [4.69, 9.17) is 0 Å². The summed E-state index contributed by atoms with van der Waals surface area (Å²) in [5, 5.41) is 3.18. The van der Waals surface area contributed by atoms with Crippen LogP contribution >= 0.6 is 15.9 Å². The number of benzene rings is 1. The third-order valence-electron chi connectivity index (χ3n) is 3.03. The quantitative estimate of drug-likeness (QED) is 0.889. The van der Waals surface area contributed by atoms with E-state index in [9.17, 15) is 4.79 Å². The lowest BCUT2D eigenvalue weighted by atomic mass is 9.98. The van der Waals surface area contributed by atoms with Crippen molar-refractivity contribution in [3.05, 3.63) is 57.0 Å². The molecule has 5 heteroatoms. The molecule has 0 saturated heterocycles. The maximum atomic E-state index is 11.4. The normalized spacial score (nSPS) is 12.1. The topological polar surface area (TPSA) is 57.8 Å². The minimum Gasteiger partial charge on any atom is -0.369 e. The zero-order valence-electron chi connectivity index (χ0n) is 10.7. The molecule has 1 aromatic carbocycles. The van der Waals surface area contributed by atoms with Gasteiger partial charge >= 0.3 is 0 Å². The van der Waals surface area contributed by atoms with E-state index in [0.29, 0.717) is 16.2 Å². The Morgan fingerprint density at radius 3 is 2.84 bits per heavy atom. The fraction of sp³-hybridized carbons (Fsp3) is 0.286. The van der Waals surface area contributed by atoms with Gasteiger partial charge in [-0.25, -0.2) is 4.98 Å². The van der Waals surface area contributed by atoms with E-state index in [2.05, 4.69) is 50.3 Å². The largest absolute Gasteiger partial charge is 0.369 e. The van der Waals surface area contributed by atoms with Crippen molar-refractivity contribution in [3.63, 3.8) is 0 Å². The second-order valence-electron chi connectivity index (χ2n) is 4.42. The first-order valence-electron chi connectivity index (χ1n) is 6.20. The van der Waals surface area contributed by atoms with Crippen LogP contribution in [0.2, 0.25) is 0 Å². The Labute approximate surface area is 120 Å². The molecule has 2 aromatic rings. The van der Waals surface area contributed by atoms with Gasteiger partial charge in [0.05, 0.1) is 6.33 Å². The molecule has 0 saturated carbocycles. The van der Waals surface area contributed by atoms with Crippen molar-refractivity contribution in [2.24, 2.45) is 0 Å². The molecule has 4 nitrogen and oxygen atoms in total. The molecule has 100 valence electrons. The first kappa shape index (κ1) is 13.8. The Balaban J connectivity index is 1.90. The number of nitrogens with one attached hydrogen (secondary N) is 2. The van der Waals surface area contributed by atoms with Gasteiger partial charge in [-0.05, 0) is 33.8 Å². The van der Waals surface area contributed by atoms with Crippen LogP contribution < -0.4 is 10.9 Å². The second kappa shape index (κ2) is 6.52. The average Bonchev–Trinajstić information content (AvgIpc) is 2.44. The van der Waals surface area contributed by atoms with Gasteiger partial charge in [0.25, 0.3) is 5.56 Å². The minimum absolute atomic E-state index is 0.173. The van der Waals surface area contributed by atoms with E-state index >= 15 is 0 Å². The van der Waals surface area contributed by atoms with Crippen LogP contribution in [0.4, 0.5) is 5.82 Å². The number of aromatic amines is 1. The Bertz CT molecular complexity index is 583. The zero-order chi connectivity index (χ0) is 13.7. The van der Waals surface area contributed by atoms with E-state index in [1.165, 1.54) is 11.9 Å². The fourth-order valence-corrected chi connectivity index (χ4v) is 2.22. The van der Waals surface area contributed by atoms with Gasteiger partial charge in [0, 0.05) is 6.54 Å². The summed E-state index contributed by atoms with van der Waals surface area (Å²) in [6.45, 7) is 2.96. The van der Waals surface area contributed by atoms with E-state index < -0.39 is 0 Å². The zero-order valence-corrected chi connectivity index (χ0v) is 12.3. The van der Waals surface area contributed by atoms with Crippen molar-refractivity contribution in [2.75, 3.05) is 11.9 Å². The number of rotatable bonds is 5. The fourth-order valence-electron chi connectivity index (χ4n) is 1.86. The van der Waals surface area contributed by atoms with E-state index in [1.54, 1.807) is 0 Å². The molecular formula is C14H16BrN3O. The Morgan fingerprint density at radius 2 is 2.11 bits per heavy atom. The van der Waals surface area contributed by atoms with Crippen molar-refractivity contribution in [2.45, 2.75) is 19.3 Å². The molecule has 0 aliphatic carbocycles. The summed E-state index contributed by atoms with van der Waals surface area (Å²) in [5.74, 6) is 1.05. The third-order valence-corrected chi connectivity index (χ3v) is 3.77. The highest BCUT2D eigenvalue weighted by molar-refractivity contribution is 9.10. The minimum atomic E-state index is -0.173. The summed E-state index contributed by atoms with van der Waals surface area (Å²) in [6, 6.07) is 10.4. The van der Waals surface area contributed by atoms with Crippen molar-refractivity contribution in [3.8, 4) is 0 Å². The lowest BCUT2D eigenvalue weighted by Gasteiger charge is -2.13. The number of anilines is 1. The van der Waals surface area contributed by atoms with Gasteiger partial charge in [0.15, 0.2) is 0 Å². The molecule has 1 heterocycles. The first-order chi connectivity index (χ1) is 9.18. The maximum absolute atomic E-state index is 11.4. The molecule has 2 N–H and O–H groups in total. The van der Waals surface area contributed by atoms with Crippen molar-refractivity contribution >= 4 is 21.7 Å². The Morgan fingerprint density at radius 1 is 1.37 bits per heavy atom. The van der Waals surface area contributed by atoms with Gasteiger partial charge < -0.3 is 10.3 Å². The first-order valence-corrected chi connectivity index (χ1v) is 7.00. The molecule has 2 rings (SSSR count). The maximum Gasteiger partial charge on any atom is 0.267 e. The van der Waals surface area contributed by atoms with Gasteiger partial charge in [-0.2, -0.15) is 0 Å². The average molecular weight is 322 g/mol. The number of hydrogen-bond acceptors (Lipinski definition) is 3. The van der Waals surface area contributed by atoms with Gasteiger partial charge in [-0.1, -0.05) is 37.3 Å². The molecule has 1 aromatic heterocycles.